The molecule has 0 N–H and O–H groups in total. The van der Waals surface area contributed by atoms with Gasteiger partial charge in [0.1, 0.15) is 23.7 Å². The van der Waals surface area contributed by atoms with Crippen LogP contribution in [0.25, 0.3) is 0 Å². The van der Waals surface area contributed by atoms with Crippen molar-refractivity contribution in [2.75, 3.05) is 14.2 Å². The van der Waals surface area contributed by atoms with Gasteiger partial charge in [0.15, 0.2) is 0 Å². The molecule has 0 saturated carbocycles. The summed E-state index contributed by atoms with van der Waals surface area (Å²) in [5, 5.41) is 8.74. The first-order valence-electron chi connectivity index (χ1n) is 6.56. The van der Waals surface area contributed by atoms with Crippen molar-refractivity contribution in [3.8, 4) is 17.6 Å². The Morgan fingerprint density at radius 2 is 1.82 bits per heavy atom. The number of carbonyl (C=O) groups is 1. The topological polar surface area (TPSA) is 68.6 Å². The van der Waals surface area contributed by atoms with Crippen LogP contribution in [-0.2, 0) is 11.3 Å². The Kier molecular flexibility index (Phi) is 4.99. The number of methoxy groups -OCH3 is 2. The third-order valence-electron chi connectivity index (χ3n) is 3.08. The number of benzene rings is 2. The predicted molar refractivity (Wildman–Crippen MR) is 79.8 cm³/mol. The Morgan fingerprint density at radius 1 is 1.09 bits per heavy atom. The third kappa shape index (κ3) is 3.55. The maximum absolute atomic E-state index is 12.2. The fourth-order valence-corrected chi connectivity index (χ4v) is 1.88. The average Bonchev–Trinajstić information content (AvgIpc) is 2.59. The fraction of sp³-hybridized carbons (Fsp3) is 0.176. The molecule has 2 rings (SSSR count). The van der Waals surface area contributed by atoms with Crippen LogP contribution in [0.15, 0.2) is 42.5 Å². The zero-order valence-corrected chi connectivity index (χ0v) is 12.3. The van der Waals surface area contributed by atoms with Crippen LogP contribution in [0.1, 0.15) is 21.5 Å². The molecular weight excluding hydrogens is 282 g/mol. The maximum Gasteiger partial charge on any atom is 0.342 e. The van der Waals surface area contributed by atoms with E-state index in [1.807, 2.05) is 6.07 Å². The van der Waals surface area contributed by atoms with Gasteiger partial charge >= 0.3 is 5.97 Å². The van der Waals surface area contributed by atoms with Gasteiger partial charge in [0, 0.05) is 0 Å². The molecule has 0 spiro atoms. The van der Waals surface area contributed by atoms with E-state index in [2.05, 4.69) is 0 Å². The molecule has 0 fully saturated rings. The molecule has 2 aromatic carbocycles. The molecule has 0 heterocycles. The molecule has 22 heavy (non-hydrogen) atoms. The summed E-state index contributed by atoms with van der Waals surface area (Å²) >= 11 is 0. The third-order valence-corrected chi connectivity index (χ3v) is 3.08. The van der Waals surface area contributed by atoms with Crippen LogP contribution in [-0.4, -0.2) is 20.2 Å². The number of hydrogen-bond acceptors (Lipinski definition) is 5. The molecule has 112 valence electrons. The molecule has 5 heteroatoms. The van der Waals surface area contributed by atoms with E-state index in [9.17, 15) is 4.79 Å². The van der Waals surface area contributed by atoms with Gasteiger partial charge in [-0.25, -0.2) is 4.79 Å². The summed E-state index contributed by atoms with van der Waals surface area (Å²) in [5.74, 6) is 0.469. The minimum Gasteiger partial charge on any atom is -0.497 e. The summed E-state index contributed by atoms with van der Waals surface area (Å²) in [4.78, 5) is 12.2. The normalized spacial score (nSPS) is 9.68. The zero-order valence-electron chi connectivity index (χ0n) is 12.3. The quantitative estimate of drug-likeness (QED) is 0.794. The van der Waals surface area contributed by atoms with Gasteiger partial charge in [-0.3, -0.25) is 0 Å². The number of ether oxygens (including phenoxy) is 3. The molecule has 0 bridgehead atoms. The first-order chi connectivity index (χ1) is 10.7. The van der Waals surface area contributed by atoms with E-state index < -0.39 is 5.97 Å². The van der Waals surface area contributed by atoms with Gasteiger partial charge in [0.2, 0.25) is 0 Å². The number of nitriles is 1. The van der Waals surface area contributed by atoms with Gasteiger partial charge in [-0.1, -0.05) is 12.1 Å². The van der Waals surface area contributed by atoms with Gasteiger partial charge in [0.05, 0.1) is 25.9 Å². The van der Waals surface area contributed by atoms with Crippen molar-refractivity contribution < 1.29 is 19.0 Å². The molecule has 0 amide bonds. The van der Waals surface area contributed by atoms with Crippen molar-refractivity contribution in [1.29, 1.82) is 5.26 Å². The molecule has 5 nitrogen and oxygen atoms in total. The highest BCUT2D eigenvalue weighted by molar-refractivity contribution is 5.93. The highest BCUT2D eigenvalue weighted by Gasteiger charge is 2.15. The van der Waals surface area contributed by atoms with Gasteiger partial charge < -0.3 is 14.2 Å². The molecule has 2 aromatic rings. The first kappa shape index (κ1) is 15.4. The number of esters is 1. The van der Waals surface area contributed by atoms with Crippen LogP contribution >= 0.6 is 0 Å². The van der Waals surface area contributed by atoms with Crippen LogP contribution < -0.4 is 9.47 Å². The summed E-state index contributed by atoms with van der Waals surface area (Å²) in [6.07, 6.45) is 0. The SMILES string of the molecule is COc1ccc(OC)c(C(=O)OCc2ccc(C#N)cc2)c1. The highest BCUT2D eigenvalue weighted by atomic mass is 16.5. The minimum absolute atomic E-state index is 0.116. The van der Waals surface area contributed by atoms with Crippen molar-refractivity contribution >= 4 is 5.97 Å². The van der Waals surface area contributed by atoms with E-state index in [4.69, 9.17) is 19.5 Å². The molecule has 0 aliphatic carbocycles. The first-order valence-corrected chi connectivity index (χ1v) is 6.56. The Morgan fingerprint density at radius 3 is 2.41 bits per heavy atom. The van der Waals surface area contributed by atoms with Crippen molar-refractivity contribution in [3.63, 3.8) is 0 Å². The van der Waals surface area contributed by atoms with Crippen LogP contribution in [0.5, 0.6) is 11.5 Å². The Balaban J connectivity index is 2.10. The second-order valence-electron chi connectivity index (χ2n) is 4.45. The summed E-state index contributed by atoms with van der Waals surface area (Å²) in [7, 11) is 3.01. The smallest absolute Gasteiger partial charge is 0.342 e. The second-order valence-corrected chi connectivity index (χ2v) is 4.45. The fourth-order valence-electron chi connectivity index (χ4n) is 1.88. The monoisotopic (exact) mass is 297 g/mol. The lowest BCUT2D eigenvalue weighted by atomic mass is 10.1. The zero-order chi connectivity index (χ0) is 15.9. The van der Waals surface area contributed by atoms with Gasteiger partial charge in [-0.15, -0.1) is 0 Å². The molecule has 0 radical (unpaired) electrons. The van der Waals surface area contributed by atoms with E-state index in [0.717, 1.165) is 5.56 Å². The molecular formula is C17H15NO4. The molecule has 0 aromatic heterocycles. The predicted octanol–water partition coefficient (Wildman–Crippen LogP) is 2.93. The van der Waals surface area contributed by atoms with Crippen LogP contribution in [0.2, 0.25) is 0 Å². The molecule has 0 aliphatic rings. The summed E-state index contributed by atoms with van der Waals surface area (Å²) in [5.41, 5.74) is 1.66. The summed E-state index contributed by atoms with van der Waals surface area (Å²) in [6, 6.07) is 13.8. The summed E-state index contributed by atoms with van der Waals surface area (Å²) < 4.78 is 15.5. The number of nitrogens with zero attached hydrogens (tertiary/aromatic N) is 1. The van der Waals surface area contributed by atoms with E-state index in [-0.39, 0.29) is 6.61 Å². The lowest BCUT2D eigenvalue weighted by molar-refractivity contribution is 0.0468. The Bertz CT molecular complexity index is 702. The number of rotatable bonds is 5. The number of hydrogen-bond donors (Lipinski definition) is 0. The van der Waals surface area contributed by atoms with E-state index >= 15 is 0 Å². The lowest BCUT2D eigenvalue weighted by Gasteiger charge is -2.10. The van der Waals surface area contributed by atoms with Gasteiger partial charge in [-0.05, 0) is 35.9 Å². The van der Waals surface area contributed by atoms with Crippen molar-refractivity contribution in [1.82, 2.24) is 0 Å². The second kappa shape index (κ2) is 7.14. The highest BCUT2D eigenvalue weighted by Crippen LogP contribution is 2.25. The van der Waals surface area contributed by atoms with Crippen LogP contribution in [0.3, 0.4) is 0 Å². The van der Waals surface area contributed by atoms with Crippen LogP contribution in [0, 0.1) is 11.3 Å². The molecule has 0 atom stereocenters. The largest absolute Gasteiger partial charge is 0.497 e. The van der Waals surface area contributed by atoms with Crippen LogP contribution in [0.4, 0.5) is 0 Å². The standard InChI is InChI=1S/C17H15NO4/c1-20-14-7-8-16(21-2)15(9-14)17(19)22-11-13-5-3-12(10-18)4-6-13/h3-9H,11H2,1-2H3. The molecule has 0 aliphatic heterocycles. The van der Waals surface area contributed by atoms with Crippen molar-refractivity contribution in [2.45, 2.75) is 6.61 Å². The Hall–Kier alpha value is -3.00. The maximum atomic E-state index is 12.2. The van der Waals surface area contributed by atoms with Crippen molar-refractivity contribution in [3.05, 3.63) is 59.2 Å². The van der Waals surface area contributed by atoms with E-state index in [1.54, 1.807) is 42.5 Å². The molecule has 0 saturated heterocycles. The van der Waals surface area contributed by atoms with E-state index in [1.165, 1.54) is 14.2 Å². The van der Waals surface area contributed by atoms with E-state index in [0.29, 0.717) is 22.6 Å². The Labute approximate surface area is 128 Å². The van der Waals surface area contributed by atoms with Crippen molar-refractivity contribution in [2.24, 2.45) is 0 Å². The average molecular weight is 297 g/mol. The summed E-state index contributed by atoms with van der Waals surface area (Å²) in [6.45, 7) is 0.116. The van der Waals surface area contributed by atoms with Gasteiger partial charge in [0.25, 0.3) is 0 Å². The number of carbonyl (C=O) groups excluding carboxylic acids is 1. The molecule has 0 unspecified atom stereocenters. The minimum atomic E-state index is -0.500. The lowest BCUT2D eigenvalue weighted by Crippen LogP contribution is -2.07. The van der Waals surface area contributed by atoms with Gasteiger partial charge in [-0.2, -0.15) is 5.26 Å².